The minimum absolute atomic E-state index is 0.0349. The second kappa shape index (κ2) is 6.14. The summed E-state index contributed by atoms with van der Waals surface area (Å²) in [7, 11) is 1.71. The van der Waals surface area contributed by atoms with Crippen LogP contribution in [0.4, 0.5) is 0 Å². The van der Waals surface area contributed by atoms with Crippen molar-refractivity contribution >= 4 is 5.91 Å². The number of aliphatic hydroxyl groups is 1. The van der Waals surface area contributed by atoms with Crippen LogP contribution < -0.4 is 0 Å². The van der Waals surface area contributed by atoms with Gasteiger partial charge in [-0.25, -0.2) is 0 Å². The number of nitrogens with zero attached hydrogens (tertiary/aromatic N) is 1. The van der Waals surface area contributed by atoms with E-state index in [2.05, 4.69) is 0 Å². The third kappa shape index (κ3) is 3.95. The Balaban J connectivity index is 2.00. The fraction of sp³-hybridized carbons (Fsp3) is 0.353. The number of rotatable bonds is 5. The van der Waals surface area contributed by atoms with Crippen LogP contribution in [0.15, 0.2) is 46.9 Å². The van der Waals surface area contributed by atoms with Gasteiger partial charge in [0.25, 0.3) is 0 Å². The van der Waals surface area contributed by atoms with Crippen LogP contribution in [0.3, 0.4) is 0 Å². The molecule has 0 aliphatic rings. The Hall–Kier alpha value is -2.07. The predicted octanol–water partition coefficient (Wildman–Crippen LogP) is 2.84. The highest BCUT2D eigenvalue weighted by atomic mass is 16.3. The lowest BCUT2D eigenvalue weighted by Gasteiger charge is -2.26. The van der Waals surface area contributed by atoms with Gasteiger partial charge in [0.1, 0.15) is 11.5 Å². The summed E-state index contributed by atoms with van der Waals surface area (Å²) < 4.78 is 5.46. The number of furan rings is 1. The van der Waals surface area contributed by atoms with Gasteiger partial charge in [-0.05, 0) is 31.5 Å². The monoisotopic (exact) mass is 287 g/mol. The van der Waals surface area contributed by atoms with Gasteiger partial charge in [-0.15, -0.1) is 0 Å². The number of hydrogen-bond acceptors (Lipinski definition) is 3. The molecule has 0 saturated carbocycles. The van der Waals surface area contributed by atoms with E-state index in [4.69, 9.17) is 4.42 Å². The fourth-order valence-electron chi connectivity index (χ4n) is 2.22. The van der Waals surface area contributed by atoms with E-state index in [0.29, 0.717) is 6.54 Å². The average molecular weight is 287 g/mol. The number of carbonyl (C=O) groups is 1. The quantitative estimate of drug-likeness (QED) is 0.920. The standard InChI is InChI=1S/C17H21NO3/c1-13-9-10-15(21-13)12-18(3)16(19)11-17(2,20)14-7-5-4-6-8-14/h4-10,20H,11-12H2,1-3H3. The van der Waals surface area contributed by atoms with Gasteiger partial charge in [-0.3, -0.25) is 4.79 Å². The lowest BCUT2D eigenvalue weighted by atomic mass is 9.92. The predicted molar refractivity (Wildman–Crippen MR) is 80.5 cm³/mol. The van der Waals surface area contributed by atoms with Crippen LogP contribution in [-0.4, -0.2) is 23.0 Å². The van der Waals surface area contributed by atoms with E-state index in [1.807, 2.05) is 49.4 Å². The largest absolute Gasteiger partial charge is 0.464 e. The molecular formula is C17H21NO3. The molecule has 0 fully saturated rings. The summed E-state index contributed by atoms with van der Waals surface area (Å²) >= 11 is 0. The minimum atomic E-state index is -1.17. The van der Waals surface area contributed by atoms with Gasteiger partial charge >= 0.3 is 0 Å². The average Bonchev–Trinajstić information content (AvgIpc) is 2.84. The van der Waals surface area contributed by atoms with Gasteiger partial charge < -0.3 is 14.4 Å². The molecule has 112 valence electrons. The number of hydrogen-bond donors (Lipinski definition) is 1. The molecule has 2 aromatic rings. The smallest absolute Gasteiger partial charge is 0.225 e. The van der Waals surface area contributed by atoms with Crippen molar-refractivity contribution in [1.82, 2.24) is 4.90 Å². The molecule has 1 N–H and O–H groups in total. The molecule has 1 unspecified atom stereocenters. The summed E-state index contributed by atoms with van der Waals surface area (Å²) in [4.78, 5) is 13.8. The van der Waals surface area contributed by atoms with Crippen LogP contribution in [0.1, 0.15) is 30.4 Å². The van der Waals surface area contributed by atoms with Crippen molar-refractivity contribution in [3.8, 4) is 0 Å². The summed E-state index contributed by atoms with van der Waals surface area (Å²) in [5.41, 5.74) is -0.438. The summed E-state index contributed by atoms with van der Waals surface area (Å²) in [5.74, 6) is 1.43. The van der Waals surface area contributed by atoms with Crippen LogP contribution in [0.25, 0.3) is 0 Å². The van der Waals surface area contributed by atoms with Crippen LogP contribution in [0.2, 0.25) is 0 Å². The Morgan fingerprint density at radius 3 is 2.48 bits per heavy atom. The Kier molecular flexibility index (Phi) is 4.48. The van der Waals surface area contributed by atoms with Gasteiger partial charge in [0.2, 0.25) is 5.91 Å². The third-order valence-corrected chi connectivity index (χ3v) is 3.51. The molecule has 1 amide bonds. The molecule has 4 nitrogen and oxygen atoms in total. The SMILES string of the molecule is Cc1ccc(CN(C)C(=O)CC(C)(O)c2ccccc2)o1. The van der Waals surface area contributed by atoms with Crippen molar-refractivity contribution < 1.29 is 14.3 Å². The summed E-state index contributed by atoms with van der Waals surface area (Å²) in [6, 6.07) is 13.0. The van der Waals surface area contributed by atoms with Crippen molar-refractivity contribution in [3.63, 3.8) is 0 Å². The molecule has 1 aromatic heterocycles. The van der Waals surface area contributed by atoms with Crippen molar-refractivity contribution in [2.75, 3.05) is 7.05 Å². The molecule has 4 heteroatoms. The van der Waals surface area contributed by atoms with Gasteiger partial charge in [0.15, 0.2) is 0 Å². The molecule has 0 saturated heterocycles. The maximum atomic E-state index is 12.3. The molecule has 0 radical (unpaired) electrons. The lowest BCUT2D eigenvalue weighted by Crippen LogP contribution is -2.33. The molecule has 1 aromatic carbocycles. The second-order valence-corrected chi connectivity index (χ2v) is 5.58. The summed E-state index contributed by atoms with van der Waals surface area (Å²) in [5, 5.41) is 10.5. The van der Waals surface area contributed by atoms with Crippen molar-refractivity contribution in [2.45, 2.75) is 32.4 Å². The van der Waals surface area contributed by atoms with Gasteiger partial charge in [-0.1, -0.05) is 30.3 Å². The maximum Gasteiger partial charge on any atom is 0.225 e. The highest BCUT2D eigenvalue weighted by Gasteiger charge is 2.28. The molecule has 2 rings (SSSR count). The zero-order valence-corrected chi connectivity index (χ0v) is 12.7. The zero-order valence-electron chi connectivity index (χ0n) is 12.7. The molecule has 1 atom stereocenters. The van der Waals surface area contributed by atoms with Crippen LogP contribution in [0.5, 0.6) is 0 Å². The molecule has 0 aliphatic carbocycles. The lowest BCUT2D eigenvalue weighted by molar-refractivity contribution is -0.135. The Morgan fingerprint density at radius 2 is 1.90 bits per heavy atom. The number of aryl methyl sites for hydroxylation is 1. The minimum Gasteiger partial charge on any atom is -0.464 e. The topological polar surface area (TPSA) is 53.7 Å². The first-order valence-electron chi connectivity index (χ1n) is 6.96. The molecule has 1 heterocycles. The molecule has 0 spiro atoms. The molecule has 0 bridgehead atoms. The molecular weight excluding hydrogens is 266 g/mol. The van der Waals surface area contributed by atoms with Crippen LogP contribution >= 0.6 is 0 Å². The third-order valence-electron chi connectivity index (χ3n) is 3.51. The Labute approximate surface area is 125 Å². The Bertz CT molecular complexity index is 602. The van der Waals surface area contributed by atoms with E-state index >= 15 is 0 Å². The van der Waals surface area contributed by atoms with Crippen LogP contribution in [-0.2, 0) is 16.9 Å². The first-order chi connectivity index (χ1) is 9.88. The van der Waals surface area contributed by atoms with E-state index < -0.39 is 5.60 Å². The van der Waals surface area contributed by atoms with E-state index in [1.54, 1.807) is 18.9 Å². The van der Waals surface area contributed by atoms with Gasteiger partial charge in [0.05, 0.1) is 18.6 Å². The first kappa shape index (κ1) is 15.3. The van der Waals surface area contributed by atoms with Crippen molar-refractivity contribution in [2.24, 2.45) is 0 Å². The second-order valence-electron chi connectivity index (χ2n) is 5.58. The van der Waals surface area contributed by atoms with Crippen molar-refractivity contribution in [1.29, 1.82) is 0 Å². The van der Waals surface area contributed by atoms with Crippen LogP contribution in [0, 0.1) is 6.92 Å². The first-order valence-corrected chi connectivity index (χ1v) is 6.96. The Morgan fingerprint density at radius 1 is 1.24 bits per heavy atom. The number of benzene rings is 1. The van der Waals surface area contributed by atoms with E-state index in [1.165, 1.54) is 0 Å². The number of carbonyl (C=O) groups excluding carboxylic acids is 1. The fourth-order valence-corrected chi connectivity index (χ4v) is 2.22. The zero-order chi connectivity index (χ0) is 15.5. The van der Waals surface area contributed by atoms with E-state index in [9.17, 15) is 9.90 Å². The van der Waals surface area contributed by atoms with E-state index in [0.717, 1.165) is 17.1 Å². The highest BCUT2D eigenvalue weighted by Crippen LogP contribution is 2.25. The van der Waals surface area contributed by atoms with Gasteiger partial charge in [0, 0.05) is 7.05 Å². The maximum absolute atomic E-state index is 12.3. The van der Waals surface area contributed by atoms with E-state index in [-0.39, 0.29) is 12.3 Å². The molecule has 21 heavy (non-hydrogen) atoms. The molecule has 0 aliphatic heterocycles. The summed E-state index contributed by atoms with van der Waals surface area (Å²) in [6.07, 6.45) is 0.0349. The van der Waals surface area contributed by atoms with Crippen molar-refractivity contribution in [3.05, 3.63) is 59.5 Å². The highest BCUT2D eigenvalue weighted by molar-refractivity contribution is 5.77. The van der Waals surface area contributed by atoms with Gasteiger partial charge in [-0.2, -0.15) is 0 Å². The summed E-state index contributed by atoms with van der Waals surface area (Å²) in [6.45, 7) is 3.92. The number of amides is 1. The normalized spacial score (nSPS) is 13.7.